The van der Waals surface area contributed by atoms with E-state index >= 15 is 0 Å². The fraction of sp³-hybridized carbons (Fsp3) is 0.273. The molecule has 30 heavy (non-hydrogen) atoms. The minimum absolute atomic E-state index is 0.109. The topological polar surface area (TPSA) is 93.1 Å². The number of imidazole rings is 1. The van der Waals surface area contributed by atoms with Gasteiger partial charge in [0.1, 0.15) is 11.9 Å². The molecular weight excluding hydrogens is 400 g/mol. The molecule has 158 valence electrons. The Kier molecular flexibility index (Phi) is 6.09. The predicted molar refractivity (Wildman–Crippen MR) is 115 cm³/mol. The third-order valence-corrected chi connectivity index (χ3v) is 6.17. The van der Waals surface area contributed by atoms with Crippen molar-refractivity contribution in [3.8, 4) is 0 Å². The average molecular weight is 427 g/mol. The van der Waals surface area contributed by atoms with Crippen molar-refractivity contribution in [3.05, 3.63) is 83.9 Å². The van der Waals surface area contributed by atoms with E-state index in [1.54, 1.807) is 27.0 Å². The molecule has 0 fully saturated rings. The number of benzene rings is 2. The highest BCUT2D eigenvalue weighted by molar-refractivity contribution is 7.89. The summed E-state index contributed by atoms with van der Waals surface area (Å²) in [6.45, 7) is 5.31. The third-order valence-electron chi connectivity index (χ3n) is 4.39. The highest BCUT2D eigenvalue weighted by Crippen LogP contribution is 2.21. The predicted octanol–water partition coefficient (Wildman–Crippen LogP) is 3.02. The van der Waals surface area contributed by atoms with Crippen molar-refractivity contribution in [2.24, 2.45) is 7.05 Å². The van der Waals surface area contributed by atoms with Gasteiger partial charge in [0.25, 0.3) is 5.91 Å². The Morgan fingerprint density at radius 2 is 1.67 bits per heavy atom. The number of hydrogen-bond acceptors (Lipinski definition) is 4. The molecule has 0 bridgehead atoms. The first kappa shape index (κ1) is 21.7. The average Bonchev–Trinajstić information content (AvgIpc) is 3.10. The zero-order chi connectivity index (χ0) is 21.9. The zero-order valence-corrected chi connectivity index (χ0v) is 18.3. The lowest BCUT2D eigenvalue weighted by molar-refractivity contribution is 0.0941. The lowest BCUT2D eigenvalue weighted by atomic mass is 10.1. The standard InChI is InChI=1S/C22H26N4O3S/c1-22(2,3)25-30(28,29)18-12-10-17(11-13-18)21(27)24-19(16-8-6-5-7-9-16)20-23-14-15-26(20)4/h5-15,19,25H,1-4H3,(H,24,27). The van der Waals surface area contributed by atoms with Gasteiger partial charge >= 0.3 is 0 Å². The molecule has 2 N–H and O–H groups in total. The molecule has 0 aliphatic carbocycles. The van der Waals surface area contributed by atoms with E-state index in [1.807, 2.05) is 48.1 Å². The third kappa shape index (κ3) is 5.14. The van der Waals surface area contributed by atoms with Crippen LogP contribution < -0.4 is 10.0 Å². The summed E-state index contributed by atoms with van der Waals surface area (Å²) in [4.78, 5) is 17.4. The minimum atomic E-state index is -3.66. The van der Waals surface area contributed by atoms with E-state index in [4.69, 9.17) is 0 Å². The summed E-state index contributed by atoms with van der Waals surface area (Å²) in [5.41, 5.74) is 0.661. The van der Waals surface area contributed by atoms with Crippen LogP contribution in [0.25, 0.3) is 0 Å². The van der Waals surface area contributed by atoms with Crippen molar-refractivity contribution in [1.82, 2.24) is 19.6 Å². The first-order valence-electron chi connectivity index (χ1n) is 9.54. The molecule has 1 heterocycles. The molecule has 1 aromatic heterocycles. The fourth-order valence-corrected chi connectivity index (χ4v) is 4.48. The molecule has 2 aromatic carbocycles. The monoisotopic (exact) mass is 426 g/mol. The van der Waals surface area contributed by atoms with Crippen LogP contribution in [0.3, 0.4) is 0 Å². The summed E-state index contributed by atoms with van der Waals surface area (Å²) >= 11 is 0. The quantitative estimate of drug-likeness (QED) is 0.634. The van der Waals surface area contributed by atoms with E-state index in [2.05, 4.69) is 15.0 Å². The molecular formula is C22H26N4O3S. The number of amides is 1. The Balaban J connectivity index is 1.84. The van der Waals surface area contributed by atoms with Crippen LogP contribution in [0.15, 0.2) is 71.9 Å². The number of rotatable bonds is 6. The summed E-state index contributed by atoms with van der Waals surface area (Å²) < 4.78 is 29.4. The highest BCUT2D eigenvalue weighted by Gasteiger charge is 2.24. The zero-order valence-electron chi connectivity index (χ0n) is 17.5. The Morgan fingerprint density at radius 3 is 2.20 bits per heavy atom. The summed E-state index contributed by atoms with van der Waals surface area (Å²) in [5, 5.41) is 3.00. The Hall–Kier alpha value is -2.97. The smallest absolute Gasteiger partial charge is 0.252 e. The van der Waals surface area contributed by atoms with Gasteiger partial charge in [0.05, 0.1) is 4.90 Å². The van der Waals surface area contributed by atoms with Crippen molar-refractivity contribution in [2.75, 3.05) is 0 Å². The normalized spacial score (nSPS) is 13.1. The summed E-state index contributed by atoms with van der Waals surface area (Å²) in [7, 11) is -1.80. The number of aromatic nitrogens is 2. The molecule has 8 heteroatoms. The summed E-state index contributed by atoms with van der Waals surface area (Å²) in [6.07, 6.45) is 3.50. The molecule has 3 rings (SSSR count). The van der Waals surface area contributed by atoms with Crippen molar-refractivity contribution in [3.63, 3.8) is 0 Å². The maximum absolute atomic E-state index is 12.9. The van der Waals surface area contributed by atoms with Crippen molar-refractivity contribution in [1.29, 1.82) is 0 Å². The number of carbonyl (C=O) groups excluding carboxylic acids is 1. The molecule has 0 aliphatic rings. The van der Waals surface area contributed by atoms with E-state index in [0.717, 1.165) is 5.56 Å². The van der Waals surface area contributed by atoms with E-state index in [-0.39, 0.29) is 10.8 Å². The summed E-state index contributed by atoms with van der Waals surface area (Å²) in [5.74, 6) is 0.378. The number of sulfonamides is 1. The lowest BCUT2D eigenvalue weighted by Crippen LogP contribution is -2.40. The van der Waals surface area contributed by atoms with Crippen LogP contribution in [0.2, 0.25) is 0 Å². The van der Waals surface area contributed by atoms with E-state index in [1.165, 1.54) is 24.3 Å². The van der Waals surface area contributed by atoms with Crippen LogP contribution in [0.1, 0.15) is 48.6 Å². The van der Waals surface area contributed by atoms with Gasteiger partial charge < -0.3 is 9.88 Å². The molecule has 7 nitrogen and oxygen atoms in total. The number of nitrogens with zero attached hydrogens (tertiary/aromatic N) is 2. The molecule has 0 saturated heterocycles. The van der Waals surface area contributed by atoms with Gasteiger partial charge in [-0.3, -0.25) is 4.79 Å². The van der Waals surface area contributed by atoms with Gasteiger partial charge in [-0.1, -0.05) is 30.3 Å². The molecule has 0 spiro atoms. The van der Waals surface area contributed by atoms with Crippen LogP contribution in [0.5, 0.6) is 0 Å². The van der Waals surface area contributed by atoms with Gasteiger partial charge in [0.15, 0.2) is 0 Å². The van der Waals surface area contributed by atoms with Crippen LogP contribution in [0, 0.1) is 0 Å². The first-order chi connectivity index (χ1) is 14.1. The second-order valence-electron chi connectivity index (χ2n) is 8.09. The van der Waals surface area contributed by atoms with Crippen LogP contribution in [-0.2, 0) is 17.1 Å². The molecule has 1 atom stereocenters. The maximum Gasteiger partial charge on any atom is 0.252 e. The van der Waals surface area contributed by atoms with Gasteiger partial charge in [0, 0.05) is 30.5 Å². The van der Waals surface area contributed by atoms with Gasteiger partial charge in [-0.25, -0.2) is 18.1 Å². The van der Waals surface area contributed by atoms with Gasteiger partial charge in [-0.15, -0.1) is 0 Å². The van der Waals surface area contributed by atoms with E-state index in [0.29, 0.717) is 11.4 Å². The number of nitrogens with one attached hydrogen (secondary N) is 2. The largest absolute Gasteiger partial charge is 0.338 e. The SMILES string of the molecule is Cn1ccnc1C(NC(=O)c1ccc(S(=O)(=O)NC(C)(C)C)cc1)c1ccccc1. The number of aryl methyl sites for hydroxylation is 1. The summed E-state index contributed by atoms with van der Waals surface area (Å²) in [6, 6.07) is 15.0. The molecule has 0 radical (unpaired) electrons. The lowest BCUT2D eigenvalue weighted by Gasteiger charge is -2.21. The number of hydrogen-bond donors (Lipinski definition) is 2. The molecule has 0 saturated carbocycles. The first-order valence-corrected chi connectivity index (χ1v) is 11.0. The Labute approximate surface area is 177 Å². The van der Waals surface area contributed by atoms with Crippen molar-refractivity contribution >= 4 is 15.9 Å². The van der Waals surface area contributed by atoms with Gasteiger partial charge in [-0.05, 0) is 50.6 Å². The Morgan fingerprint density at radius 1 is 1.03 bits per heavy atom. The van der Waals surface area contributed by atoms with Crippen LogP contribution in [-0.4, -0.2) is 29.4 Å². The molecule has 1 amide bonds. The highest BCUT2D eigenvalue weighted by atomic mass is 32.2. The maximum atomic E-state index is 12.9. The second-order valence-corrected chi connectivity index (χ2v) is 9.78. The molecule has 0 aliphatic heterocycles. The van der Waals surface area contributed by atoms with Crippen molar-refractivity contribution < 1.29 is 13.2 Å². The van der Waals surface area contributed by atoms with Crippen LogP contribution in [0.4, 0.5) is 0 Å². The van der Waals surface area contributed by atoms with Gasteiger partial charge in [0.2, 0.25) is 10.0 Å². The second kappa shape index (κ2) is 8.41. The molecule has 3 aromatic rings. The minimum Gasteiger partial charge on any atom is -0.338 e. The van der Waals surface area contributed by atoms with Crippen molar-refractivity contribution in [2.45, 2.75) is 37.2 Å². The fourth-order valence-electron chi connectivity index (χ4n) is 3.06. The van der Waals surface area contributed by atoms with E-state index in [9.17, 15) is 13.2 Å². The van der Waals surface area contributed by atoms with E-state index < -0.39 is 21.6 Å². The number of carbonyl (C=O) groups is 1. The Bertz CT molecular complexity index is 1120. The van der Waals surface area contributed by atoms with Crippen LogP contribution >= 0.6 is 0 Å². The van der Waals surface area contributed by atoms with Gasteiger partial charge in [-0.2, -0.15) is 0 Å². The molecule has 1 unspecified atom stereocenters.